The van der Waals surface area contributed by atoms with Gasteiger partial charge in [-0.1, -0.05) is 12.1 Å². The number of rotatable bonds is 4. The zero-order valence-corrected chi connectivity index (χ0v) is 17.3. The van der Waals surface area contributed by atoms with E-state index in [1.165, 1.54) is 10.4 Å². The number of hydrogen-bond donors (Lipinski definition) is 1. The first-order chi connectivity index (χ1) is 12.6. The fraction of sp³-hybridized carbons (Fsp3) is 0.368. The van der Waals surface area contributed by atoms with E-state index in [1.54, 1.807) is 25.1 Å². The van der Waals surface area contributed by atoms with Crippen molar-refractivity contribution in [2.24, 2.45) is 0 Å². The number of nitrogens with one attached hydrogen (secondary N) is 1. The third-order valence-corrected chi connectivity index (χ3v) is 8.12. The van der Waals surface area contributed by atoms with Crippen LogP contribution in [0.3, 0.4) is 0 Å². The smallest absolute Gasteiger partial charge is 0.262 e. The molecule has 1 aliphatic heterocycles. The fourth-order valence-electron chi connectivity index (χ4n) is 3.21. The zero-order valence-electron chi connectivity index (χ0n) is 15.7. The first kappa shape index (κ1) is 19.7. The second kappa shape index (κ2) is 7.16. The van der Waals surface area contributed by atoms with Crippen molar-refractivity contribution in [3.63, 3.8) is 0 Å². The van der Waals surface area contributed by atoms with Gasteiger partial charge in [-0.3, -0.25) is 9.03 Å². The van der Waals surface area contributed by atoms with Crippen molar-refractivity contribution in [3.05, 3.63) is 53.1 Å². The summed E-state index contributed by atoms with van der Waals surface area (Å²) < 4.78 is 54.3. The highest BCUT2D eigenvalue weighted by atomic mass is 32.2. The summed E-state index contributed by atoms with van der Waals surface area (Å²) in [7, 11) is -7.11. The molecule has 0 bridgehead atoms. The summed E-state index contributed by atoms with van der Waals surface area (Å²) in [4.78, 5) is 0.140. The van der Waals surface area contributed by atoms with Crippen molar-refractivity contribution in [1.82, 2.24) is 0 Å². The molecule has 6 nitrogen and oxygen atoms in total. The van der Waals surface area contributed by atoms with E-state index in [2.05, 4.69) is 4.72 Å². The maximum atomic E-state index is 12.9. The van der Waals surface area contributed by atoms with E-state index in [4.69, 9.17) is 0 Å². The van der Waals surface area contributed by atoms with Crippen molar-refractivity contribution in [2.45, 2.75) is 38.5 Å². The molecule has 0 saturated carbocycles. The standard InChI is InChI=1S/C19H24N2O4S2/c1-14-6-7-15(2)18(12-14)20-27(24,25)19-9-8-17(13-16(19)3)21-10-4-5-11-26(21,22)23/h6-9,12-13,20H,4-5,10-11H2,1-3H3. The number of hydrogen-bond acceptors (Lipinski definition) is 4. The van der Waals surface area contributed by atoms with Crippen LogP contribution in [0.2, 0.25) is 0 Å². The molecular formula is C19H24N2O4S2. The highest BCUT2D eigenvalue weighted by Gasteiger charge is 2.27. The topological polar surface area (TPSA) is 83.6 Å². The van der Waals surface area contributed by atoms with Crippen molar-refractivity contribution in [3.8, 4) is 0 Å². The van der Waals surface area contributed by atoms with Crippen LogP contribution in [0.4, 0.5) is 11.4 Å². The van der Waals surface area contributed by atoms with Gasteiger partial charge in [-0.2, -0.15) is 0 Å². The normalized spacial score (nSPS) is 16.9. The summed E-state index contributed by atoms with van der Waals surface area (Å²) in [6, 6.07) is 10.2. The fourth-order valence-corrected chi connectivity index (χ4v) is 6.20. The third kappa shape index (κ3) is 4.11. The van der Waals surface area contributed by atoms with Crippen molar-refractivity contribution < 1.29 is 16.8 Å². The molecule has 1 saturated heterocycles. The lowest BCUT2D eigenvalue weighted by Gasteiger charge is -2.28. The third-order valence-electron chi connectivity index (χ3n) is 4.72. The van der Waals surface area contributed by atoms with Gasteiger partial charge < -0.3 is 0 Å². The molecule has 0 atom stereocenters. The lowest BCUT2D eigenvalue weighted by atomic mass is 10.1. The Labute approximate surface area is 161 Å². The van der Waals surface area contributed by atoms with Crippen LogP contribution in [0.25, 0.3) is 0 Å². The molecule has 2 aromatic carbocycles. The molecule has 8 heteroatoms. The summed E-state index contributed by atoms with van der Waals surface area (Å²) in [5, 5.41) is 0. The Hall–Kier alpha value is -2.06. The van der Waals surface area contributed by atoms with Gasteiger partial charge >= 0.3 is 0 Å². The molecule has 2 aromatic rings. The average molecular weight is 409 g/mol. The van der Waals surface area contributed by atoms with E-state index in [-0.39, 0.29) is 10.6 Å². The Balaban J connectivity index is 1.94. The van der Waals surface area contributed by atoms with Crippen LogP contribution in [-0.2, 0) is 20.0 Å². The van der Waals surface area contributed by atoms with E-state index in [1.807, 2.05) is 26.0 Å². The lowest BCUT2D eigenvalue weighted by molar-refractivity contribution is 0.574. The van der Waals surface area contributed by atoms with Gasteiger partial charge in [0.05, 0.1) is 22.0 Å². The highest BCUT2D eigenvalue weighted by Crippen LogP contribution is 2.29. The Kier molecular flexibility index (Phi) is 5.22. The SMILES string of the molecule is Cc1ccc(C)c(NS(=O)(=O)c2ccc(N3CCCCS3(=O)=O)cc2C)c1. The first-order valence-electron chi connectivity index (χ1n) is 8.81. The minimum Gasteiger partial charge on any atom is -0.279 e. The molecule has 3 rings (SSSR count). The predicted octanol–water partition coefficient (Wildman–Crippen LogP) is 3.34. The number of nitrogens with zero attached hydrogens (tertiary/aromatic N) is 1. The predicted molar refractivity (Wildman–Crippen MR) is 108 cm³/mol. The maximum Gasteiger partial charge on any atom is 0.262 e. The Morgan fingerprint density at radius 1 is 0.963 bits per heavy atom. The average Bonchev–Trinajstić information content (AvgIpc) is 2.57. The quantitative estimate of drug-likeness (QED) is 0.841. The maximum absolute atomic E-state index is 12.9. The van der Waals surface area contributed by atoms with Crippen molar-refractivity contribution in [1.29, 1.82) is 0 Å². The summed E-state index contributed by atoms with van der Waals surface area (Å²) in [5.74, 6) is 0.125. The monoisotopic (exact) mass is 408 g/mol. The molecule has 1 fully saturated rings. The second-order valence-electron chi connectivity index (χ2n) is 6.97. The molecule has 146 valence electrons. The molecule has 27 heavy (non-hydrogen) atoms. The Bertz CT molecular complexity index is 1080. The molecule has 0 amide bonds. The molecule has 1 aliphatic rings. The molecule has 0 radical (unpaired) electrons. The van der Waals surface area contributed by atoms with E-state index >= 15 is 0 Å². The van der Waals surface area contributed by atoms with Crippen LogP contribution < -0.4 is 9.03 Å². The van der Waals surface area contributed by atoms with Crippen molar-refractivity contribution >= 4 is 31.4 Å². The van der Waals surface area contributed by atoms with Gasteiger partial charge in [0, 0.05) is 6.54 Å². The minimum absolute atomic E-state index is 0.125. The van der Waals surface area contributed by atoms with E-state index < -0.39 is 20.0 Å². The van der Waals surface area contributed by atoms with Crippen LogP contribution in [0, 0.1) is 20.8 Å². The van der Waals surface area contributed by atoms with Gasteiger partial charge in [-0.05, 0) is 74.6 Å². The van der Waals surface area contributed by atoms with Crippen LogP contribution in [-0.4, -0.2) is 29.1 Å². The number of sulfonamides is 2. The Morgan fingerprint density at radius 3 is 2.37 bits per heavy atom. The van der Waals surface area contributed by atoms with Crippen molar-refractivity contribution in [2.75, 3.05) is 21.3 Å². The van der Waals surface area contributed by atoms with Crippen LogP contribution in [0.1, 0.15) is 29.5 Å². The summed E-state index contributed by atoms with van der Waals surface area (Å²) in [5.41, 5.74) is 3.35. The van der Waals surface area contributed by atoms with E-state index in [0.29, 0.717) is 29.9 Å². The van der Waals surface area contributed by atoms with Gasteiger partial charge in [0.25, 0.3) is 10.0 Å². The largest absolute Gasteiger partial charge is 0.279 e. The molecule has 1 heterocycles. The summed E-state index contributed by atoms with van der Waals surface area (Å²) >= 11 is 0. The molecule has 0 aromatic heterocycles. The molecule has 0 unspecified atom stereocenters. The van der Waals surface area contributed by atoms with Crippen LogP contribution >= 0.6 is 0 Å². The van der Waals surface area contributed by atoms with Gasteiger partial charge in [0.15, 0.2) is 0 Å². The van der Waals surface area contributed by atoms with Gasteiger partial charge in [-0.15, -0.1) is 0 Å². The second-order valence-corrected chi connectivity index (χ2v) is 10.6. The Morgan fingerprint density at radius 2 is 1.70 bits per heavy atom. The number of anilines is 2. The van der Waals surface area contributed by atoms with E-state index in [0.717, 1.165) is 17.5 Å². The molecule has 0 aliphatic carbocycles. The van der Waals surface area contributed by atoms with Crippen LogP contribution in [0.15, 0.2) is 41.3 Å². The zero-order chi connectivity index (χ0) is 19.8. The molecule has 1 N–H and O–H groups in total. The highest BCUT2D eigenvalue weighted by molar-refractivity contribution is 7.93. The number of benzene rings is 2. The van der Waals surface area contributed by atoms with E-state index in [9.17, 15) is 16.8 Å². The summed E-state index contributed by atoms with van der Waals surface area (Å²) in [6.07, 6.45) is 1.45. The van der Waals surface area contributed by atoms with Gasteiger partial charge in [-0.25, -0.2) is 16.8 Å². The number of aryl methyl sites for hydroxylation is 3. The molecule has 0 spiro atoms. The van der Waals surface area contributed by atoms with Gasteiger partial charge in [0.2, 0.25) is 10.0 Å². The minimum atomic E-state index is -3.78. The molecular weight excluding hydrogens is 384 g/mol. The summed E-state index contributed by atoms with van der Waals surface area (Å²) in [6.45, 7) is 5.84. The van der Waals surface area contributed by atoms with Gasteiger partial charge in [0.1, 0.15) is 0 Å². The first-order valence-corrected chi connectivity index (χ1v) is 11.9. The lowest BCUT2D eigenvalue weighted by Crippen LogP contribution is -2.37. The van der Waals surface area contributed by atoms with Crippen LogP contribution in [0.5, 0.6) is 0 Å².